The van der Waals surface area contributed by atoms with Gasteiger partial charge in [0.05, 0.1) is 6.42 Å². The fourth-order valence-corrected chi connectivity index (χ4v) is 2.80. The van der Waals surface area contributed by atoms with Crippen LogP contribution in [0.2, 0.25) is 0 Å². The highest BCUT2D eigenvalue weighted by Gasteiger charge is 2.24. The number of fused-ring (bicyclic) bond motifs is 1. The summed E-state index contributed by atoms with van der Waals surface area (Å²) in [5.74, 6) is -1.06. The average Bonchev–Trinajstić information content (AvgIpc) is 2.50. The average molecular weight is 348 g/mol. The molecule has 0 bridgehead atoms. The quantitative estimate of drug-likeness (QED) is 0.864. The third-order valence-corrected chi connectivity index (χ3v) is 3.84. The van der Waals surface area contributed by atoms with Gasteiger partial charge in [-0.1, -0.05) is 18.2 Å². The number of nitrogens with zero attached hydrogens (tertiary/aromatic N) is 1. The zero-order valence-corrected chi connectivity index (χ0v) is 14.8. The number of hydrogen-bond donors (Lipinski definition) is 2. The van der Waals surface area contributed by atoms with Gasteiger partial charge in [0.15, 0.2) is 0 Å². The van der Waals surface area contributed by atoms with E-state index < -0.39 is 17.7 Å². The third-order valence-electron chi connectivity index (χ3n) is 3.84. The van der Waals surface area contributed by atoms with Gasteiger partial charge in [-0.05, 0) is 43.9 Å². The molecule has 1 aliphatic rings. The standard InChI is InChI=1S/C18H24N2O5/c1-18(2,3)25-17(24)19-10-15(21)20-8-7-14-12(9-16(22)23)5-4-6-13(14)11-20/h4-6H,7-11H2,1-3H3,(H,19,24)(H,22,23). The number of carboxylic acids is 1. The van der Waals surface area contributed by atoms with E-state index in [2.05, 4.69) is 5.32 Å². The van der Waals surface area contributed by atoms with Crippen LogP contribution in [0.4, 0.5) is 4.79 Å². The summed E-state index contributed by atoms with van der Waals surface area (Å²) in [6, 6.07) is 5.53. The Bertz CT molecular complexity index is 679. The number of ether oxygens (including phenoxy) is 1. The summed E-state index contributed by atoms with van der Waals surface area (Å²) in [5.41, 5.74) is 2.14. The van der Waals surface area contributed by atoms with Gasteiger partial charge in [-0.25, -0.2) is 4.79 Å². The Morgan fingerprint density at radius 3 is 2.64 bits per heavy atom. The molecule has 0 spiro atoms. The molecular weight excluding hydrogens is 324 g/mol. The largest absolute Gasteiger partial charge is 0.481 e. The van der Waals surface area contributed by atoms with Crippen molar-refractivity contribution in [3.63, 3.8) is 0 Å². The Hall–Kier alpha value is -2.57. The molecule has 7 nitrogen and oxygen atoms in total. The van der Waals surface area contributed by atoms with Crippen molar-refractivity contribution in [1.29, 1.82) is 0 Å². The van der Waals surface area contributed by atoms with Gasteiger partial charge in [0, 0.05) is 13.1 Å². The van der Waals surface area contributed by atoms with Crippen LogP contribution in [0, 0.1) is 0 Å². The highest BCUT2D eigenvalue weighted by molar-refractivity contribution is 5.82. The molecule has 0 aliphatic carbocycles. The topological polar surface area (TPSA) is 95.9 Å². The van der Waals surface area contributed by atoms with Gasteiger partial charge in [0.2, 0.25) is 5.91 Å². The van der Waals surface area contributed by atoms with E-state index in [9.17, 15) is 14.4 Å². The first-order chi connectivity index (χ1) is 11.7. The second kappa shape index (κ2) is 7.55. The van der Waals surface area contributed by atoms with E-state index >= 15 is 0 Å². The molecule has 0 aromatic heterocycles. The van der Waals surface area contributed by atoms with Crippen LogP contribution in [0.25, 0.3) is 0 Å². The number of hydrogen-bond acceptors (Lipinski definition) is 4. The maximum absolute atomic E-state index is 12.3. The predicted molar refractivity (Wildman–Crippen MR) is 91.1 cm³/mol. The van der Waals surface area contributed by atoms with E-state index in [1.165, 1.54) is 0 Å². The molecule has 1 heterocycles. The minimum atomic E-state index is -0.867. The summed E-state index contributed by atoms with van der Waals surface area (Å²) in [5, 5.41) is 11.5. The van der Waals surface area contributed by atoms with Gasteiger partial charge in [0.1, 0.15) is 12.1 Å². The maximum Gasteiger partial charge on any atom is 0.408 e. The lowest BCUT2D eigenvalue weighted by molar-refractivity contribution is -0.136. The summed E-state index contributed by atoms with van der Waals surface area (Å²) in [6.45, 7) is 6.05. The molecule has 0 unspecified atom stereocenters. The molecule has 136 valence electrons. The van der Waals surface area contributed by atoms with E-state index in [1.807, 2.05) is 18.2 Å². The minimum absolute atomic E-state index is 0.0165. The first-order valence-corrected chi connectivity index (χ1v) is 8.22. The van der Waals surface area contributed by atoms with Crippen molar-refractivity contribution in [1.82, 2.24) is 10.2 Å². The summed E-state index contributed by atoms with van der Waals surface area (Å²) < 4.78 is 5.11. The minimum Gasteiger partial charge on any atom is -0.481 e. The number of carbonyl (C=O) groups is 3. The first-order valence-electron chi connectivity index (χ1n) is 8.22. The number of benzene rings is 1. The molecule has 2 rings (SSSR count). The second-order valence-corrected chi connectivity index (χ2v) is 7.05. The second-order valence-electron chi connectivity index (χ2n) is 7.05. The SMILES string of the molecule is CC(C)(C)OC(=O)NCC(=O)N1CCc2c(CC(=O)O)cccc2C1. The molecule has 1 aromatic rings. The number of rotatable bonds is 4. The zero-order valence-electron chi connectivity index (χ0n) is 14.8. The fraction of sp³-hybridized carbons (Fsp3) is 0.500. The lowest BCUT2D eigenvalue weighted by atomic mass is 9.93. The number of carboxylic acid groups (broad SMARTS) is 1. The van der Waals surface area contributed by atoms with Crippen LogP contribution < -0.4 is 5.32 Å². The fourth-order valence-electron chi connectivity index (χ4n) is 2.80. The third kappa shape index (κ3) is 5.48. The van der Waals surface area contributed by atoms with Crippen molar-refractivity contribution < 1.29 is 24.2 Å². The summed E-state index contributed by atoms with van der Waals surface area (Å²) >= 11 is 0. The number of carbonyl (C=O) groups excluding carboxylic acids is 2. The molecule has 2 N–H and O–H groups in total. The van der Waals surface area contributed by atoms with Gasteiger partial charge in [-0.3, -0.25) is 9.59 Å². The van der Waals surface area contributed by atoms with Gasteiger partial charge < -0.3 is 20.1 Å². The van der Waals surface area contributed by atoms with Crippen LogP contribution in [-0.2, 0) is 33.7 Å². The van der Waals surface area contributed by atoms with Gasteiger partial charge >= 0.3 is 12.1 Å². The summed E-state index contributed by atoms with van der Waals surface area (Å²) in [4.78, 5) is 36.5. The molecule has 2 amide bonds. The Morgan fingerprint density at radius 2 is 2.00 bits per heavy atom. The Morgan fingerprint density at radius 1 is 1.28 bits per heavy atom. The lowest BCUT2D eigenvalue weighted by Crippen LogP contribution is -2.43. The molecule has 0 saturated heterocycles. The van der Waals surface area contributed by atoms with Gasteiger partial charge in [-0.2, -0.15) is 0 Å². The maximum atomic E-state index is 12.3. The van der Waals surface area contributed by atoms with Gasteiger partial charge in [-0.15, -0.1) is 0 Å². The van der Waals surface area contributed by atoms with Crippen LogP contribution in [0.1, 0.15) is 37.5 Å². The molecule has 7 heteroatoms. The van der Waals surface area contributed by atoms with Crippen LogP contribution in [0.15, 0.2) is 18.2 Å². The Kier molecular flexibility index (Phi) is 5.66. The van der Waals surface area contributed by atoms with E-state index in [-0.39, 0.29) is 18.9 Å². The van der Waals surface area contributed by atoms with Crippen molar-refractivity contribution in [3.8, 4) is 0 Å². The van der Waals surface area contributed by atoms with E-state index in [4.69, 9.17) is 9.84 Å². The molecule has 0 saturated carbocycles. The number of alkyl carbamates (subject to hydrolysis) is 1. The Balaban J connectivity index is 1.95. The van der Waals surface area contributed by atoms with Crippen molar-refractivity contribution >= 4 is 18.0 Å². The van der Waals surface area contributed by atoms with Crippen LogP contribution in [0.5, 0.6) is 0 Å². The smallest absolute Gasteiger partial charge is 0.408 e. The molecule has 0 radical (unpaired) electrons. The van der Waals surface area contributed by atoms with E-state index in [0.717, 1.165) is 16.7 Å². The number of nitrogens with one attached hydrogen (secondary N) is 1. The van der Waals surface area contributed by atoms with Crippen LogP contribution in [0.3, 0.4) is 0 Å². The molecule has 25 heavy (non-hydrogen) atoms. The Labute approximate surface area is 147 Å². The van der Waals surface area contributed by atoms with Gasteiger partial charge in [0.25, 0.3) is 0 Å². The van der Waals surface area contributed by atoms with Crippen LogP contribution >= 0.6 is 0 Å². The predicted octanol–water partition coefficient (Wildman–Crippen LogP) is 1.72. The normalized spacial score (nSPS) is 13.8. The molecule has 1 aliphatic heterocycles. The number of amides is 2. The molecule has 0 fully saturated rings. The summed E-state index contributed by atoms with van der Waals surface area (Å²) in [7, 11) is 0. The van der Waals surface area contributed by atoms with E-state index in [1.54, 1.807) is 25.7 Å². The van der Waals surface area contributed by atoms with Crippen LogP contribution in [-0.4, -0.2) is 46.7 Å². The molecule has 1 aromatic carbocycles. The monoisotopic (exact) mass is 348 g/mol. The summed E-state index contributed by atoms with van der Waals surface area (Å²) in [6.07, 6.45) is -0.0316. The molecule has 0 atom stereocenters. The lowest BCUT2D eigenvalue weighted by Gasteiger charge is -2.30. The number of aliphatic carboxylic acids is 1. The van der Waals surface area contributed by atoms with E-state index in [0.29, 0.717) is 19.5 Å². The first kappa shape index (κ1) is 18.8. The van der Waals surface area contributed by atoms with Crippen molar-refractivity contribution in [2.45, 2.75) is 45.8 Å². The van der Waals surface area contributed by atoms with Crippen molar-refractivity contribution in [2.75, 3.05) is 13.1 Å². The zero-order chi connectivity index (χ0) is 18.6. The van der Waals surface area contributed by atoms with Crippen molar-refractivity contribution in [3.05, 3.63) is 34.9 Å². The van der Waals surface area contributed by atoms with Crippen molar-refractivity contribution in [2.24, 2.45) is 0 Å². The highest BCUT2D eigenvalue weighted by atomic mass is 16.6. The highest BCUT2D eigenvalue weighted by Crippen LogP contribution is 2.23. The molecular formula is C18H24N2O5.